The molecule has 0 aromatic heterocycles. The molecule has 0 radical (unpaired) electrons. The SMILES string of the molecule is [C-]#[N+]/C(C#N)=c1/cc(OCCOC(=O)c2ccccc2S(=O)(=O)[O-])/c(=C(\C#N)[N+]#[C-])cc1OCCOC(=O)c1ccccc1S(=O)(=O)[O-]. The van der Waals surface area contributed by atoms with E-state index in [1.165, 1.54) is 24.3 Å². The number of benzene rings is 3. The number of ether oxygens (including phenoxy) is 4. The molecule has 0 saturated carbocycles. The Bertz CT molecular complexity index is 2100. The Balaban J connectivity index is 1.86. The van der Waals surface area contributed by atoms with Gasteiger partial charge in [0.2, 0.25) is 0 Å². The second-order valence-electron chi connectivity index (χ2n) is 8.86. The van der Waals surface area contributed by atoms with Gasteiger partial charge < -0.3 is 28.1 Å². The monoisotopic (exact) mass is 690 g/mol. The molecule has 3 rings (SSSR count). The molecule has 0 saturated heterocycles. The number of rotatable bonds is 12. The van der Waals surface area contributed by atoms with E-state index in [1.54, 1.807) is 12.1 Å². The molecule has 244 valence electrons. The van der Waals surface area contributed by atoms with Gasteiger partial charge in [-0.1, -0.05) is 24.3 Å². The van der Waals surface area contributed by atoms with Crippen molar-refractivity contribution in [3.8, 4) is 23.6 Å². The number of hydrogen-bond acceptors (Lipinski definition) is 14. The van der Waals surface area contributed by atoms with E-state index in [2.05, 4.69) is 9.69 Å². The van der Waals surface area contributed by atoms with Gasteiger partial charge in [0.15, 0.2) is 0 Å². The molecule has 0 atom stereocenters. The summed E-state index contributed by atoms with van der Waals surface area (Å²) in [6, 6.07) is 14.6. The number of esters is 2. The Kier molecular flexibility index (Phi) is 11.9. The first-order valence-electron chi connectivity index (χ1n) is 12.9. The molecule has 16 nitrogen and oxygen atoms in total. The van der Waals surface area contributed by atoms with Crippen LogP contribution < -0.4 is 19.9 Å². The van der Waals surface area contributed by atoms with Gasteiger partial charge >= 0.3 is 11.9 Å². The van der Waals surface area contributed by atoms with Crippen LogP contribution in [0.2, 0.25) is 0 Å². The molecule has 0 aliphatic heterocycles. The van der Waals surface area contributed by atoms with E-state index in [0.29, 0.717) is 0 Å². The molecule has 0 N–H and O–H groups in total. The first kappa shape index (κ1) is 36.2. The maximum absolute atomic E-state index is 12.4. The van der Waals surface area contributed by atoms with Crippen LogP contribution in [0.3, 0.4) is 0 Å². The quantitative estimate of drug-likeness (QED) is 0.112. The van der Waals surface area contributed by atoms with Crippen LogP contribution in [-0.4, -0.2) is 64.3 Å². The number of carbonyl (C=O) groups is 2. The lowest BCUT2D eigenvalue weighted by Crippen LogP contribution is -2.23. The van der Waals surface area contributed by atoms with Gasteiger partial charge in [-0.15, -0.1) is 0 Å². The van der Waals surface area contributed by atoms with Gasteiger partial charge in [-0.25, -0.2) is 46.6 Å². The highest BCUT2D eigenvalue weighted by atomic mass is 32.2. The van der Waals surface area contributed by atoms with E-state index in [-0.39, 0.29) is 21.9 Å². The fraction of sp³-hybridized carbons (Fsp3) is 0.133. The van der Waals surface area contributed by atoms with Gasteiger partial charge in [0.05, 0.1) is 46.2 Å². The lowest BCUT2D eigenvalue weighted by Gasteiger charge is -2.14. The van der Waals surface area contributed by atoms with Gasteiger partial charge in [-0.2, -0.15) is 0 Å². The molecule has 0 aliphatic rings. The molecule has 48 heavy (non-hydrogen) atoms. The van der Waals surface area contributed by atoms with Crippen LogP contribution in [0.5, 0.6) is 11.5 Å². The summed E-state index contributed by atoms with van der Waals surface area (Å²) in [4.78, 5) is 29.5. The third kappa shape index (κ3) is 8.92. The second-order valence-corrected chi connectivity index (χ2v) is 11.6. The highest BCUT2D eigenvalue weighted by molar-refractivity contribution is 7.86. The Morgan fingerprint density at radius 2 is 1.02 bits per heavy atom. The summed E-state index contributed by atoms with van der Waals surface area (Å²) in [5.74, 6) is -2.75. The zero-order valence-electron chi connectivity index (χ0n) is 24.1. The highest BCUT2D eigenvalue weighted by Crippen LogP contribution is 2.18. The Hall–Kier alpha value is -6.28. The number of nitrogens with zero attached hydrogens (tertiary/aromatic N) is 4. The van der Waals surface area contributed by atoms with Crippen molar-refractivity contribution in [1.29, 1.82) is 10.5 Å². The molecule has 0 fully saturated rings. The van der Waals surface area contributed by atoms with Gasteiger partial charge in [-0.3, -0.25) is 0 Å². The molecule has 0 spiro atoms. The Morgan fingerprint density at radius 1 is 0.667 bits per heavy atom. The summed E-state index contributed by atoms with van der Waals surface area (Å²) in [6.07, 6.45) is 0. The third-order valence-electron chi connectivity index (χ3n) is 5.93. The molecule has 0 unspecified atom stereocenters. The minimum Gasteiger partial charge on any atom is -0.744 e. The number of nitriles is 2. The van der Waals surface area contributed by atoms with E-state index < -0.39 is 90.9 Å². The zero-order valence-corrected chi connectivity index (χ0v) is 25.7. The maximum Gasteiger partial charge on any atom is 0.339 e. The van der Waals surface area contributed by atoms with E-state index in [0.717, 1.165) is 36.4 Å². The average molecular weight is 691 g/mol. The number of hydrogen-bond donors (Lipinski definition) is 0. The Morgan fingerprint density at radius 3 is 1.33 bits per heavy atom. The van der Waals surface area contributed by atoms with Crippen LogP contribution in [0.15, 0.2) is 70.5 Å². The van der Waals surface area contributed by atoms with Crippen molar-refractivity contribution in [3.05, 3.63) is 105 Å². The third-order valence-corrected chi connectivity index (χ3v) is 7.72. The van der Waals surface area contributed by atoms with Crippen LogP contribution in [0.25, 0.3) is 21.1 Å². The Labute approximate surface area is 273 Å². The minimum absolute atomic E-state index is 0.172. The van der Waals surface area contributed by atoms with Gasteiger partial charge in [0.25, 0.3) is 11.4 Å². The minimum atomic E-state index is -4.99. The molecule has 3 aromatic rings. The van der Waals surface area contributed by atoms with Crippen molar-refractivity contribution in [2.24, 2.45) is 0 Å². The molecule has 0 amide bonds. The maximum atomic E-state index is 12.4. The fourth-order valence-electron chi connectivity index (χ4n) is 3.89. The molecule has 18 heteroatoms. The summed E-state index contributed by atoms with van der Waals surface area (Å²) in [5, 5.41) is 18.7. The van der Waals surface area contributed by atoms with E-state index in [1.807, 2.05) is 0 Å². The van der Waals surface area contributed by atoms with E-state index in [4.69, 9.17) is 32.1 Å². The lowest BCUT2D eigenvalue weighted by atomic mass is 10.1. The van der Waals surface area contributed by atoms with Crippen molar-refractivity contribution in [2.45, 2.75) is 9.79 Å². The van der Waals surface area contributed by atoms with Crippen molar-refractivity contribution >= 4 is 43.6 Å². The topological polar surface area (TPSA) is 242 Å². The summed E-state index contributed by atoms with van der Waals surface area (Å²) >= 11 is 0. The zero-order chi connectivity index (χ0) is 35.5. The summed E-state index contributed by atoms with van der Waals surface area (Å²) in [6.45, 7) is 12.8. The van der Waals surface area contributed by atoms with Crippen LogP contribution >= 0.6 is 0 Å². The van der Waals surface area contributed by atoms with Gasteiger partial charge in [0.1, 0.15) is 58.2 Å². The largest absolute Gasteiger partial charge is 0.744 e. The van der Waals surface area contributed by atoms with E-state index in [9.17, 15) is 46.1 Å². The summed E-state index contributed by atoms with van der Waals surface area (Å²) in [5.41, 5.74) is -2.06. The molecule has 0 bridgehead atoms. The molecule has 0 heterocycles. The van der Waals surface area contributed by atoms with Gasteiger partial charge in [0, 0.05) is 10.4 Å². The van der Waals surface area contributed by atoms with Crippen molar-refractivity contribution in [1.82, 2.24) is 0 Å². The van der Waals surface area contributed by atoms with Crippen LogP contribution in [0.1, 0.15) is 20.7 Å². The van der Waals surface area contributed by atoms with Crippen LogP contribution in [0, 0.1) is 35.8 Å². The normalized spacial score (nSPS) is 12.1. The molecule has 0 aliphatic carbocycles. The van der Waals surface area contributed by atoms with Crippen molar-refractivity contribution < 1.29 is 54.5 Å². The fourth-order valence-corrected chi connectivity index (χ4v) is 5.23. The summed E-state index contributed by atoms with van der Waals surface area (Å²) in [7, 11) is -9.99. The molecular formula is C30H18N4O12S2-2. The highest BCUT2D eigenvalue weighted by Gasteiger charge is 2.18. The lowest BCUT2D eigenvalue weighted by molar-refractivity contribution is 0.0435. The second kappa shape index (κ2) is 15.8. The van der Waals surface area contributed by atoms with E-state index >= 15 is 0 Å². The molecular weight excluding hydrogens is 672 g/mol. The predicted octanol–water partition coefficient (Wildman–Crippen LogP) is 1.07. The smallest absolute Gasteiger partial charge is 0.339 e. The van der Waals surface area contributed by atoms with Crippen molar-refractivity contribution in [3.63, 3.8) is 0 Å². The first-order chi connectivity index (χ1) is 22.8. The number of carbonyl (C=O) groups excluding carboxylic acids is 2. The van der Waals surface area contributed by atoms with Crippen molar-refractivity contribution in [2.75, 3.05) is 26.4 Å². The first-order valence-corrected chi connectivity index (χ1v) is 15.8. The van der Waals surface area contributed by atoms with Crippen LogP contribution in [-0.2, 0) is 29.7 Å². The average Bonchev–Trinajstić information content (AvgIpc) is 3.06. The van der Waals surface area contributed by atoms with Gasteiger partial charge in [-0.05, 0) is 36.4 Å². The standard InChI is InChI=1S/C30H20N4O12S2/c1-33-23(17-31)21-15-26(44-12-14-46-30(36)20-8-4-6-10-28(20)48(40,41)42)22(24(18-32)34-2)16-25(21)43-11-13-45-29(35)19-7-3-5-9-27(19)47(37,38)39/h3-10,15-16H,11-14H2,(H,37,38,39)(H,40,41,42)/p-2/b23-21-,24-22+. The predicted molar refractivity (Wildman–Crippen MR) is 157 cm³/mol. The van der Waals surface area contributed by atoms with Crippen LogP contribution in [0.4, 0.5) is 0 Å². The summed E-state index contributed by atoms with van der Waals surface area (Å²) < 4.78 is 90.0. The molecule has 3 aromatic carbocycles.